The molecule has 2 aliphatic heterocycles. The Morgan fingerprint density at radius 2 is 1.57 bits per heavy atom. The zero-order valence-electron chi connectivity index (χ0n) is 18.0. The lowest BCUT2D eigenvalue weighted by Crippen LogP contribution is -2.53. The van der Waals surface area contributed by atoms with E-state index in [0.717, 1.165) is 42.6 Å². The van der Waals surface area contributed by atoms with Gasteiger partial charge in [0.15, 0.2) is 0 Å². The molecule has 0 saturated carbocycles. The summed E-state index contributed by atoms with van der Waals surface area (Å²) in [6.45, 7) is 9.38. The number of carbonyl (C=O) groups excluding carboxylic acids is 2. The first-order valence-corrected chi connectivity index (χ1v) is 11.0. The molecule has 4 rings (SSSR count). The molecule has 2 aromatic rings. The molecule has 30 heavy (non-hydrogen) atoms. The minimum atomic E-state index is -0.0731. The molecule has 160 valence electrons. The molecule has 6 nitrogen and oxygen atoms in total. The van der Waals surface area contributed by atoms with E-state index in [1.165, 1.54) is 6.42 Å². The lowest BCUT2D eigenvalue weighted by Gasteiger charge is -2.38. The van der Waals surface area contributed by atoms with E-state index in [-0.39, 0.29) is 11.9 Å². The number of nitrogens with one attached hydrogen (secondary N) is 1. The number of amides is 3. The van der Waals surface area contributed by atoms with Crippen molar-refractivity contribution in [2.24, 2.45) is 11.8 Å². The van der Waals surface area contributed by atoms with Crippen molar-refractivity contribution < 1.29 is 9.59 Å². The number of hydrogen-bond donors (Lipinski definition) is 1. The molecular formula is C24H32N4O2. The fourth-order valence-electron chi connectivity index (χ4n) is 4.80. The van der Waals surface area contributed by atoms with Crippen molar-refractivity contribution in [1.82, 2.24) is 14.7 Å². The summed E-state index contributed by atoms with van der Waals surface area (Å²) in [5.41, 5.74) is 0.837. The molecule has 0 aromatic heterocycles. The van der Waals surface area contributed by atoms with Crippen molar-refractivity contribution in [3.05, 3.63) is 42.5 Å². The zero-order chi connectivity index (χ0) is 21.1. The topological polar surface area (TPSA) is 55.9 Å². The molecule has 2 atom stereocenters. The van der Waals surface area contributed by atoms with E-state index in [0.29, 0.717) is 31.5 Å². The van der Waals surface area contributed by atoms with Crippen LogP contribution in [0.25, 0.3) is 10.8 Å². The SMILES string of the molecule is C[C@H]1C[C@H](C)CN(C(=O)CN2CCN(C(=O)Nc3cccc4ccccc34)CC2)C1. The molecule has 2 aliphatic rings. The average Bonchev–Trinajstić information content (AvgIpc) is 2.74. The Balaban J connectivity index is 1.29. The minimum absolute atomic E-state index is 0.0731. The third-order valence-electron chi connectivity index (χ3n) is 6.27. The van der Waals surface area contributed by atoms with E-state index in [1.54, 1.807) is 0 Å². The third kappa shape index (κ3) is 4.75. The average molecular weight is 409 g/mol. The second-order valence-corrected chi connectivity index (χ2v) is 8.96. The van der Waals surface area contributed by atoms with Crippen LogP contribution in [-0.2, 0) is 4.79 Å². The Morgan fingerprint density at radius 3 is 2.30 bits per heavy atom. The quantitative estimate of drug-likeness (QED) is 0.846. The van der Waals surface area contributed by atoms with Crippen molar-refractivity contribution in [2.75, 3.05) is 51.1 Å². The van der Waals surface area contributed by atoms with Gasteiger partial charge in [0.2, 0.25) is 5.91 Å². The van der Waals surface area contributed by atoms with Crippen LogP contribution in [0.5, 0.6) is 0 Å². The van der Waals surface area contributed by atoms with Gasteiger partial charge in [-0.05, 0) is 29.7 Å². The van der Waals surface area contributed by atoms with Gasteiger partial charge in [-0.25, -0.2) is 4.79 Å². The fraction of sp³-hybridized carbons (Fsp3) is 0.500. The van der Waals surface area contributed by atoms with Gasteiger partial charge in [-0.2, -0.15) is 0 Å². The number of carbonyl (C=O) groups is 2. The number of anilines is 1. The van der Waals surface area contributed by atoms with Crippen LogP contribution in [-0.4, -0.2) is 72.5 Å². The molecule has 0 unspecified atom stereocenters. The Hall–Kier alpha value is -2.60. The van der Waals surface area contributed by atoms with Gasteiger partial charge in [0, 0.05) is 44.7 Å². The Bertz CT molecular complexity index is 892. The second-order valence-electron chi connectivity index (χ2n) is 8.96. The van der Waals surface area contributed by atoms with Crippen LogP contribution in [0.3, 0.4) is 0 Å². The molecule has 0 bridgehead atoms. The minimum Gasteiger partial charge on any atom is -0.341 e. The highest BCUT2D eigenvalue weighted by atomic mass is 16.2. The molecular weight excluding hydrogens is 376 g/mol. The van der Waals surface area contributed by atoms with Crippen LogP contribution in [0.4, 0.5) is 10.5 Å². The molecule has 0 radical (unpaired) electrons. The highest BCUT2D eigenvalue weighted by Crippen LogP contribution is 2.24. The van der Waals surface area contributed by atoms with Crippen LogP contribution in [0.1, 0.15) is 20.3 Å². The summed E-state index contributed by atoms with van der Waals surface area (Å²) in [6.07, 6.45) is 1.20. The number of piperidine rings is 1. The van der Waals surface area contributed by atoms with Crippen molar-refractivity contribution in [3.63, 3.8) is 0 Å². The number of hydrogen-bond acceptors (Lipinski definition) is 3. The second kappa shape index (κ2) is 9.04. The largest absolute Gasteiger partial charge is 0.341 e. The Morgan fingerprint density at radius 1 is 0.900 bits per heavy atom. The lowest BCUT2D eigenvalue weighted by molar-refractivity contribution is -0.135. The highest BCUT2D eigenvalue weighted by molar-refractivity contribution is 6.01. The predicted octanol–water partition coefficient (Wildman–Crippen LogP) is 3.49. The van der Waals surface area contributed by atoms with Gasteiger partial charge in [-0.1, -0.05) is 50.2 Å². The monoisotopic (exact) mass is 408 g/mol. The molecule has 2 fully saturated rings. The summed E-state index contributed by atoms with van der Waals surface area (Å²) in [4.78, 5) is 31.6. The van der Waals surface area contributed by atoms with Crippen LogP contribution in [0, 0.1) is 11.8 Å². The molecule has 2 heterocycles. The van der Waals surface area contributed by atoms with E-state index in [9.17, 15) is 9.59 Å². The third-order valence-corrected chi connectivity index (χ3v) is 6.27. The van der Waals surface area contributed by atoms with E-state index >= 15 is 0 Å². The smallest absolute Gasteiger partial charge is 0.321 e. The molecule has 0 aliphatic carbocycles. The number of likely N-dealkylation sites (tertiary alicyclic amines) is 1. The van der Waals surface area contributed by atoms with E-state index in [4.69, 9.17) is 0 Å². The number of nitrogens with zero attached hydrogens (tertiary/aromatic N) is 3. The molecule has 2 aromatic carbocycles. The van der Waals surface area contributed by atoms with Crippen LogP contribution >= 0.6 is 0 Å². The number of fused-ring (bicyclic) bond motifs is 1. The number of rotatable bonds is 3. The van der Waals surface area contributed by atoms with Gasteiger partial charge in [-0.3, -0.25) is 9.69 Å². The molecule has 2 saturated heterocycles. The normalized spacial score (nSPS) is 22.9. The summed E-state index contributed by atoms with van der Waals surface area (Å²) < 4.78 is 0. The number of piperazine rings is 1. The van der Waals surface area contributed by atoms with Crippen molar-refractivity contribution >= 4 is 28.4 Å². The van der Waals surface area contributed by atoms with Gasteiger partial charge < -0.3 is 15.1 Å². The van der Waals surface area contributed by atoms with Gasteiger partial charge in [0.1, 0.15) is 0 Å². The maximum atomic E-state index is 12.8. The fourth-order valence-corrected chi connectivity index (χ4v) is 4.80. The molecule has 3 amide bonds. The Kier molecular flexibility index (Phi) is 6.23. The summed E-state index contributed by atoms with van der Waals surface area (Å²) >= 11 is 0. The predicted molar refractivity (Wildman–Crippen MR) is 121 cm³/mol. The summed E-state index contributed by atoms with van der Waals surface area (Å²) in [7, 11) is 0. The molecule has 1 N–H and O–H groups in total. The molecule has 0 spiro atoms. The van der Waals surface area contributed by atoms with E-state index in [2.05, 4.69) is 24.1 Å². The van der Waals surface area contributed by atoms with Crippen molar-refractivity contribution in [3.8, 4) is 0 Å². The van der Waals surface area contributed by atoms with Crippen LogP contribution in [0.15, 0.2) is 42.5 Å². The van der Waals surface area contributed by atoms with E-state index in [1.807, 2.05) is 52.3 Å². The molecule has 6 heteroatoms. The Labute approximate surface area is 178 Å². The summed E-state index contributed by atoms with van der Waals surface area (Å²) in [5.74, 6) is 1.38. The standard InChI is InChI=1S/C24H32N4O2/c1-18-14-19(2)16-28(15-18)23(29)17-26-10-12-27(13-11-26)24(30)25-22-9-5-7-20-6-3-4-8-21(20)22/h3-9,18-19H,10-17H2,1-2H3,(H,25,30)/t18-,19-/m0/s1. The van der Waals surface area contributed by atoms with Gasteiger partial charge in [-0.15, -0.1) is 0 Å². The summed E-state index contributed by atoms with van der Waals surface area (Å²) in [6, 6.07) is 13.9. The van der Waals surface area contributed by atoms with Crippen LogP contribution < -0.4 is 5.32 Å². The summed E-state index contributed by atoms with van der Waals surface area (Å²) in [5, 5.41) is 5.22. The first-order chi connectivity index (χ1) is 14.5. The number of urea groups is 1. The first kappa shape index (κ1) is 20.7. The van der Waals surface area contributed by atoms with Crippen molar-refractivity contribution in [1.29, 1.82) is 0 Å². The first-order valence-electron chi connectivity index (χ1n) is 11.0. The lowest BCUT2D eigenvalue weighted by atomic mass is 9.92. The van der Waals surface area contributed by atoms with Crippen molar-refractivity contribution in [2.45, 2.75) is 20.3 Å². The van der Waals surface area contributed by atoms with Gasteiger partial charge >= 0.3 is 6.03 Å². The van der Waals surface area contributed by atoms with E-state index < -0.39 is 0 Å². The zero-order valence-corrected chi connectivity index (χ0v) is 18.0. The number of benzene rings is 2. The van der Waals surface area contributed by atoms with Gasteiger partial charge in [0.05, 0.1) is 12.2 Å². The highest BCUT2D eigenvalue weighted by Gasteiger charge is 2.28. The maximum absolute atomic E-state index is 12.8. The maximum Gasteiger partial charge on any atom is 0.321 e. The van der Waals surface area contributed by atoms with Crippen LogP contribution in [0.2, 0.25) is 0 Å². The van der Waals surface area contributed by atoms with Gasteiger partial charge in [0.25, 0.3) is 0 Å².